The van der Waals surface area contributed by atoms with Crippen LogP contribution in [0, 0.1) is 6.92 Å². The van der Waals surface area contributed by atoms with Crippen LogP contribution in [0.4, 0.5) is 0 Å². The molecule has 4 rings (SSSR count). The molecule has 0 bridgehead atoms. The zero-order valence-corrected chi connectivity index (χ0v) is 16.6. The average molecular weight is 406 g/mol. The van der Waals surface area contributed by atoms with E-state index < -0.39 is 0 Å². The Kier molecular flexibility index (Phi) is 5.19. The number of fused-ring (bicyclic) bond motifs is 1. The van der Waals surface area contributed by atoms with Gasteiger partial charge in [-0.2, -0.15) is 5.10 Å². The van der Waals surface area contributed by atoms with E-state index in [4.69, 9.17) is 11.6 Å². The zero-order valence-electron chi connectivity index (χ0n) is 15.0. The van der Waals surface area contributed by atoms with Crippen LogP contribution >= 0.6 is 22.9 Å². The van der Waals surface area contributed by atoms with Crippen LogP contribution in [0.1, 0.15) is 20.8 Å². The number of hydrogen-bond donors (Lipinski definition) is 1. The van der Waals surface area contributed by atoms with Crippen molar-refractivity contribution in [1.82, 2.24) is 10.4 Å². The fourth-order valence-corrected chi connectivity index (χ4v) is 3.92. The summed E-state index contributed by atoms with van der Waals surface area (Å²) in [5.74, 6) is -0.294. The molecule has 1 N–H and O–H groups in total. The number of benzene rings is 2. The van der Waals surface area contributed by atoms with E-state index in [1.54, 1.807) is 29.7 Å². The summed E-state index contributed by atoms with van der Waals surface area (Å²) in [7, 11) is 0. The number of halogens is 1. The number of pyridine rings is 1. The Balaban J connectivity index is 1.73. The molecule has 28 heavy (non-hydrogen) atoms. The van der Waals surface area contributed by atoms with Gasteiger partial charge in [0.25, 0.3) is 5.91 Å². The Hall–Kier alpha value is -3.02. The quantitative estimate of drug-likeness (QED) is 0.350. The van der Waals surface area contributed by atoms with E-state index in [9.17, 15) is 4.79 Å². The first-order valence-corrected chi connectivity index (χ1v) is 9.91. The van der Waals surface area contributed by atoms with E-state index in [2.05, 4.69) is 15.5 Å². The Bertz CT molecular complexity index is 1200. The lowest BCUT2D eigenvalue weighted by atomic mass is 10.0. The van der Waals surface area contributed by atoms with E-state index in [-0.39, 0.29) is 5.91 Å². The van der Waals surface area contributed by atoms with Crippen molar-refractivity contribution < 1.29 is 4.79 Å². The lowest BCUT2D eigenvalue weighted by molar-refractivity contribution is 0.0956. The molecule has 4 aromatic rings. The highest BCUT2D eigenvalue weighted by Crippen LogP contribution is 2.29. The van der Waals surface area contributed by atoms with Crippen LogP contribution in [-0.2, 0) is 0 Å². The van der Waals surface area contributed by atoms with Gasteiger partial charge in [-0.3, -0.25) is 4.79 Å². The van der Waals surface area contributed by atoms with Crippen LogP contribution in [0.5, 0.6) is 0 Å². The van der Waals surface area contributed by atoms with E-state index in [1.807, 2.05) is 60.8 Å². The number of rotatable bonds is 4. The lowest BCUT2D eigenvalue weighted by Crippen LogP contribution is -2.18. The molecule has 0 saturated heterocycles. The molecule has 0 aliphatic rings. The van der Waals surface area contributed by atoms with Crippen molar-refractivity contribution in [3.05, 3.63) is 87.1 Å². The first-order valence-electron chi connectivity index (χ1n) is 8.65. The number of nitrogens with zero attached hydrogens (tertiary/aromatic N) is 2. The van der Waals surface area contributed by atoms with Crippen molar-refractivity contribution in [2.45, 2.75) is 6.92 Å². The molecule has 1 amide bonds. The molecule has 4 nitrogen and oxygen atoms in total. The number of carbonyl (C=O) groups is 1. The third kappa shape index (κ3) is 3.67. The summed E-state index contributed by atoms with van der Waals surface area (Å²) in [4.78, 5) is 18.5. The highest BCUT2D eigenvalue weighted by molar-refractivity contribution is 7.11. The highest BCUT2D eigenvalue weighted by atomic mass is 35.5. The van der Waals surface area contributed by atoms with Crippen molar-refractivity contribution in [1.29, 1.82) is 0 Å². The number of para-hydroxylation sites is 1. The summed E-state index contributed by atoms with van der Waals surface area (Å²) in [5, 5.41) is 7.46. The number of carbonyl (C=O) groups excluding carboxylic acids is 1. The largest absolute Gasteiger partial charge is 0.272 e. The molecule has 6 heteroatoms. The molecule has 138 valence electrons. The second kappa shape index (κ2) is 7.92. The van der Waals surface area contributed by atoms with Gasteiger partial charge in [-0.15, -0.1) is 11.3 Å². The minimum atomic E-state index is -0.294. The molecule has 2 aromatic carbocycles. The fourth-order valence-electron chi connectivity index (χ4n) is 2.90. The van der Waals surface area contributed by atoms with Gasteiger partial charge in [0.1, 0.15) is 0 Å². The number of thiophene rings is 1. The maximum atomic E-state index is 12.9. The normalized spacial score (nSPS) is 11.2. The van der Waals surface area contributed by atoms with Crippen LogP contribution in [0.2, 0.25) is 5.02 Å². The van der Waals surface area contributed by atoms with Crippen LogP contribution < -0.4 is 5.43 Å². The Labute approximate surface area is 171 Å². The molecular weight excluding hydrogens is 390 g/mol. The molecule has 2 aromatic heterocycles. The molecule has 0 atom stereocenters. The Morgan fingerprint density at radius 1 is 1.14 bits per heavy atom. The summed E-state index contributed by atoms with van der Waals surface area (Å²) in [6.45, 7) is 2.01. The molecule has 0 aliphatic heterocycles. The molecule has 0 saturated carbocycles. The SMILES string of the molecule is Cc1ccsc1/C=N\NC(=O)c1cc(-c2ccccc2Cl)nc2ccccc12. The van der Waals surface area contributed by atoms with Gasteiger partial charge in [0.05, 0.1) is 23.0 Å². The molecule has 0 radical (unpaired) electrons. The molecular formula is C22H16ClN3OS. The summed E-state index contributed by atoms with van der Waals surface area (Å²) in [5.41, 5.74) is 6.40. The predicted octanol–water partition coefficient (Wildman–Crippen LogP) is 5.69. The van der Waals surface area contributed by atoms with Gasteiger partial charge in [0, 0.05) is 20.8 Å². The lowest BCUT2D eigenvalue weighted by Gasteiger charge is -2.10. The van der Waals surface area contributed by atoms with Crippen molar-refractivity contribution in [2.24, 2.45) is 5.10 Å². The van der Waals surface area contributed by atoms with Crippen LogP contribution in [0.15, 0.2) is 71.1 Å². The van der Waals surface area contributed by atoms with Crippen molar-refractivity contribution in [2.75, 3.05) is 0 Å². The second-order valence-electron chi connectivity index (χ2n) is 6.22. The Morgan fingerprint density at radius 3 is 2.71 bits per heavy atom. The fraction of sp³-hybridized carbons (Fsp3) is 0.0455. The number of nitrogens with one attached hydrogen (secondary N) is 1. The maximum Gasteiger partial charge on any atom is 0.272 e. The number of hydrazone groups is 1. The number of aryl methyl sites for hydroxylation is 1. The van der Waals surface area contributed by atoms with Crippen LogP contribution in [-0.4, -0.2) is 17.1 Å². The smallest absolute Gasteiger partial charge is 0.267 e. The van der Waals surface area contributed by atoms with Gasteiger partial charge < -0.3 is 0 Å². The van der Waals surface area contributed by atoms with Gasteiger partial charge in [-0.25, -0.2) is 10.4 Å². The minimum Gasteiger partial charge on any atom is -0.267 e. The third-order valence-electron chi connectivity index (χ3n) is 4.36. The van der Waals surface area contributed by atoms with Gasteiger partial charge in [0.15, 0.2) is 0 Å². The second-order valence-corrected chi connectivity index (χ2v) is 7.57. The molecule has 2 heterocycles. The molecule has 0 fully saturated rings. The Morgan fingerprint density at radius 2 is 1.93 bits per heavy atom. The predicted molar refractivity (Wildman–Crippen MR) is 116 cm³/mol. The first-order chi connectivity index (χ1) is 13.6. The topological polar surface area (TPSA) is 54.4 Å². The number of hydrogen-bond acceptors (Lipinski definition) is 4. The van der Waals surface area contributed by atoms with E-state index in [0.717, 1.165) is 26.9 Å². The molecule has 0 aliphatic carbocycles. The van der Waals surface area contributed by atoms with Gasteiger partial charge >= 0.3 is 0 Å². The van der Waals surface area contributed by atoms with Gasteiger partial charge in [-0.1, -0.05) is 48.0 Å². The van der Waals surface area contributed by atoms with E-state index in [1.165, 1.54) is 0 Å². The standard InChI is InChI=1S/C22H16ClN3OS/c1-14-10-11-28-21(14)13-24-26-22(27)17-12-20(16-7-2-4-8-18(16)23)25-19-9-5-3-6-15(17)19/h2-13H,1H3,(H,26,27)/b24-13-. The van der Waals surface area contributed by atoms with Crippen molar-refractivity contribution in [3.8, 4) is 11.3 Å². The highest BCUT2D eigenvalue weighted by Gasteiger charge is 2.14. The van der Waals surface area contributed by atoms with Gasteiger partial charge in [0.2, 0.25) is 0 Å². The summed E-state index contributed by atoms with van der Waals surface area (Å²) < 4.78 is 0. The summed E-state index contributed by atoms with van der Waals surface area (Å²) in [6.07, 6.45) is 1.66. The number of aromatic nitrogens is 1. The van der Waals surface area contributed by atoms with E-state index in [0.29, 0.717) is 16.3 Å². The molecule has 0 spiro atoms. The number of amides is 1. The monoisotopic (exact) mass is 405 g/mol. The maximum absolute atomic E-state index is 12.9. The average Bonchev–Trinajstić information content (AvgIpc) is 3.12. The summed E-state index contributed by atoms with van der Waals surface area (Å²) in [6, 6.07) is 18.8. The zero-order chi connectivity index (χ0) is 19.5. The van der Waals surface area contributed by atoms with Crippen molar-refractivity contribution >= 4 is 46.0 Å². The first kappa shape index (κ1) is 18.3. The molecule has 0 unspecified atom stereocenters. The van der Waals surface area contributed by atoms with Gasteiger partial charge in [-0.05, 0) is 42.1 Å². The summed E-state index contributed by atoms with van der Waals surface area (Å²) >= 11 is 7.91. The minimum absolute atomic E-state index is 0.294. The van der Waals surface area contributed by atoms with E-state index >= 15 is 0 Å². The van der Waals surface area contributed by atoms with Crippen LogP contribution in [0.25, 0.3) is 22.2 Å². The van der Waals surface area contributed by atoms with Crippen molar-refractivity contribution in [3.63, 3.8) is 0 Å². The van der Waals surface area contributed by atoms with Crippen LogP contribution in [0.3, 0.4) is 0 Å². The third-order valence-corrected chi connectivity index (χ3v) is 5.64.